The van der Waals surface area contributed by atoms with Gasteiger partial charge in [-0.15, -0.1) is 0 Å². The first-order valence-electron chi connectivity index (χ1n) is 3.75. The Morgan fingerprint density at radius 3 is 3.25 bits per heavy atom. The molecule has 12 heavy (non-hydrogen) atoms. The molecule has 1 aliphatic heterocycles. The fraction of sp³-hybridized carbons (Fsp3) is 0.250. The molecule has 62 valence electrons. The molecule has 1 aromatic rings. The van der Waals surface area contributed by atoms with Gasteiger partial charge in [-0.2, -0.15) is 0 Å². The Labute approximate surface area is 69.2 Å². The van der Waals surface area contributed by atoms with Crippen LogP contribution in [-0.2, 0) is 6.42 Å². The van der Waals surface area contributed by atoms with Crippen molar-refractivity contribution in [3.8, 4) is 0 Å². The van der Waals surface area contributed by atoms with E-state index >= 15 is 0 Å². The summed E-state index contributed by atoms with van der Waals surface area (Å²) >= 11 is 0. The zero-order valence-electron chi connectivity index (χ0n) is 6.40. The highest BCUT2D eigenvalue weighted by Crippen LogP contribution is 2.13. The van der Waals surface area contributed by atoms with Crippen molar-refractivity contribution in [1.29, 1.82) is 0 Å². The first kappa shape index (κ1) is 7.09. The molecule has 1 aliphatic rings. The number of fused-ring (bicyclic) bond motifs is 1. The summed E-state index contributed by atoms with van der Waals surface area (Å²) in [4.78, 5) is 14.6. The number of hydrogen-bond donors (Lipinski definition) is 1. The summed E-state index contributed by atoms with van der Waals surface area (Å²) in [5, 5.41) is 8.73. The van der Waals surface area contributed by atoms with E-state index in [2.05, 4.69) is 4.98 Å². The van der Waals surface area contributed by atoms with Crippen molar-refractivity contribution in [1.82, 2.24) is 9.55 Å². The Bertz CT molecular complexity index is 352. The summed E-state index contributed by atoms with van der Waals surface area (Å²) in [6, 6.07) is 0. The van der Waals surface area contributed by atoms with Gasteiger partial charge in [-0.1, -0.05) is 6.08 Å². The molecule has 0 aliphatic carbocycles. The van der Waals surface area contributed by atoms with E-state index in [9.17, 15) is 4.79 Å². The van der Waals surface area contributed by atoms with Crippen LogP contribution in [0.5, 0.6) is 0 Å². The Morgan fingerprint density at radius 1 is 1.67 bits per heavy atom. The first-order chi connectivity index (χ1) is 5.79. The van der Waals surface area contributed by atoms with Crippen molar-refractivity contribution < 1.29 is 9.90 Å². The fourth-order valence-corrected chi connectivity index (χ4v) is 1.30. The molecule has 4 nitrogen and oxygen atoms in total. The van der Waals surface area contributed by atoms with Gasteiger partial charge in [-0.25, -0.2) is 9.78 Å². The summed E-state index contributed by atoms with van der Waals surface area (Å²) in [5.74, 6) is -0.102. The van der Waals surface area contributed by atoms with Gasteiger partial charge in [0.2, 0.25) is 0 Å². The highest BCUT2D eigenvalue weighted by molar-refractivity contribution is 5.86. The number of aromatic carboxylic acids is 1. The molecule has 0 spiro atoms. The molecule has 0 atom stereocenters. The third-order valence-electron chi connectivity index (χ3n) is 1.88. The monoisotopic (exact) mass is 164 g/mol. The van der Waals surface area contributed by atoms with Gasteiger partial charge in [0.25, 0.3) is 0 Å². The average Bonchev–Trinajstić information content (AvgIpc) is 2.47. The molecule has 0 radical (unpaired) electrons. The molecular weight excluding hydrogens is 156 g/mol. The largest absolute Gasteiger partial charge is 0.477 e. The Balaban J connectivity index is 2.54. The molecule has 0 unspecified atom stereocenters. The number of carboxylic acids is 1. The number of rotatable bonds is 1. The van der Waals surface area contributed by atoms with E-state index in [1.165, 1.54) is 6.20 Å². The van der Waals surface area contributed by atoms with Gasteiger partial charge in [-0.05, 0) is 6.42 Å². The van der Waals surface area contributed by atoms with E-state index in [0.29, 0.717) is 0 Å². The number of nitrogens with zero attached hydrogens (tertiary/aromatic N) is 2. The summed E-state index contributed by atoms with van der Waals surface area (Å²) in [6.45, 7) is 0. The van der Waals surface area contributed by atoms with Gasteiger partial charge >= 0.3 is 5.97 Å². The number of carboxylic acid groups (broad SMARTS) is 1. The number of imidazole rings is 1. The van der Waals surface area contributed by atoms with Crippen LogP contribution in [0.25, 0.3) is 6.20 Å². The van der Waals surface area contributed by atoms with Gasteiger partial charge in [0.05, 0.1) is 6.20 Å². The van der Waals surface area contributed by atoms with Crippen LogP contribution < -0.4 is 0 Å². The summed E-state index contributed by atoms with van der Waals surface area (Å²) < 4.78 is 1.62. The molecular formula is C8H8N2O2. The molecule has 0 saturated carbocycles. The number of allylic oxidation sites excluding steroid dienone is 1. The Hall–Kier alpha value is -1.58. The lowest BCUT2D eigenvalue weighted by molar-refractivity contribution is 0.0688. The van der Waals surface area contributed by atoms with Crippen LogP contribution in [-0.4, -0.2) is 20.6 Å². The zero-order chi connectivity index (χ0) is 8.55. The average molecular weight is 164 g/mol. The van der Waals surface area contributed by atoms with Gasteiger partial charge in [0, 0.05) is 12.6 Å². The quantitative estimate of drug-likeness (QED) is 0.673. The predicted molar refractivity (Wildman–Crippen MR) is 42.8 cm³/mol. The van der Waals surface area contributed by atoms with E-state index in [0.717, 1.165) is 18.7 Å². The standard InChI is InChI=1S/C8H8N2O2/c11-8(12)6-5-9-7-3-1-2-4-10(6)7/h2,4-5H,1,3H2,(H,11,12). The maximum absolute atomic E-state index is 10.6. The summed E-state index contributed by atoms with van der Waals surface area (Å²) in [7, 11) is 0. The molecule has 0 fully saturated rings. The van der Waals surface area contributed by atoms with Crippen molar-refractivity contribution in [2.24, 2.45) is 0 Å². The topological polar surface area (TPSA) is 55.1 Å². The highest BCUT2D eigenvalue weighted by atomic mass is 16.4. The number of hydrogen-bond acceptors (Lipinski definition) is 2. The van der Waals surface area contributed by atoms with Gasteiger partial charge in [0.1, 0.15) is 5.82 Å². The molecule has 2 rings (SSSR count). The molecule has 0 saturated heterocycles. The van der Waals surface area contributed by atoms with E-state index in [1.807, 2.05) is 6.08 Å². The summed E-state index contributed by atoms with van der Waals surface area (Å²) in [6.07, 6.45) is 6.86. The van der Waals surface area contributed by atoms with Crippen molar-refractivity contribution in [2.45, 2.75) is 12.8 Å². The van der Waals surface area contributed by atoms with Crippen LogP contribution in [0.15, 0.2) is 12.3 Å². The predicted octanol–water partition coefficient (Wildman–Crippen LogP) is 0.998. The van der Waals surface area contributed by atoms with Crippen LogP contribution in [0.1, 0.15) is 22.7 Å². The van der Waals surface area contributed by atoms with Crippen LogP contribution in [0.3, 0.4) is 0 Å². The normalized spacial score (nSPS) is 14.3. The first-order valence-corrected chi connectivity index (χ1v) is 3.75. The second kappa shape index (κ2) is 2.48. The van der Waals surface area contributed by atoms with E-state index in [-0.39, 0.29) is 5.69 Å². The number of aromatic nitrogens is 2. The third-order valence-corrected chi connectivity index (χ3v) is 1.88. The fourth-order valence-electron chi connectivity index (χ4n) is 1.30. The van der Waals surface area contributed by atoms with Crippen LogP contribution in [0.2, 0.25) is 0 Å². The van der Waals surface area contributed by atoms with E-state index in [1.54, 1.807) is 10.8 Å². The van der Waals surface area contributed by atoms with Crippen molar-refractivity contribution in [2.75, 3.05) is 0 Å². The molecule has 4 heteroatoms. The Morgan fingerprint density at radius 2 is 2.50 bits per heavy atom. The van der Waals surface area contributed by atoms with E-state index in [4.69, 9.17) is 5.11 Å². The minimum Gasteiger partial charge on any atom is -0.477 e. The maximum Gasteiger partial charge on any atom is 0.354 e. The summed E-state index contributed by atoms with van der Waals surface area (Å²) in [5.41, 5.74) is 0.237. The van der Waals surface area contributed by atoms with Crippen molar-refractivity contribution in [3.05, 3.63) is 23.8 Å². The third kappa shape index (κ3) is 0.922. The molecule has 2 heterocycles. The SMILES string of the molecule is O=C(O)c1cnc2n1C=CCC2. The van der Waals surface area contributed by atoms with Crippen LogP contribution in [0.4, 0.5) is 0 Å². The zero-order valence-corrected chi connectivity index (χ0v) is 6.40. The Kier molecular flexibility index (Phi) is 1.46. The van der Waals surface area contributed by atoms with Gasteiger partial charge in [-0.3, -0.25) is 4.57 Å². The molecule has 0 aromatic carbocycles. The van der Waals surface area contributed by atoms with Crippen LogP contribution >= 0.6 is 0 Å². The lowest BCUT2D eigenvalue weighted by atomic mass is 10.2. The van der Waals surface area contributed by atoms with Gasteiger partial charge in [0.15, 0.2) is 5.69 Å². The van der Waals surface area contributed by atoms with E-state index < -0.39 is 5.97 Å². The van der Waals surface area contributed by atoms with Crippen LogP contribution in [0, 0.1) is 0 Å². The molecule has 1 N–H and O–H groups in total. The second-order valence-electron chi connectivity index (χ2n) is 2.66. The smallest absolute Gasteiger partial charge is 0.354 e. The molecule has 0 amide bonds. The number of carbonyl (C=O) groups is 1. The minimum atomic E-state index is -0.930. The second-order valence-corrected chi connectivity index (χ2v) is 2.66. The highest BCUT2D eigenvalue weighted by Gasteiger charge is 2.14. The lowest BCUT2D eigenvalue weighted by Gasteiger charge is -2.07. The minimum absolute atomic E-state index is 0.237. The van der Waals surface area contributed by atoms with Gasteiger partial charge < -0.3 is 5.11 Å². The van der Waals surface area contributed by atoms with Crippen molar-refractivity contribution >= 4 is 12.2 Å². The molecule has 0 bridgehead atoms. The lowest BCUT2D eigenvalue weighted by Crippen LogP contribution is -2.08. The van der Waals surface area contributed by atoms with Crippen molar-refractivity contribution in [3.63, 3.8) is 0 Å². The molecule has 1 aromatic heterocycles. The number of aryl methyl sites for hydroxylation is 1. The maximum atomic E-state index is 10.6.